The van der Waals surface area contributed by atoms with Gasteiger partial charge in [-0.15, -0.1) is 11.6 Å². The van der Waals surface area contributed by atoms with Crippen LogP contribution in [0.2, 0.25) is 0 Å². The molecular formula is C8H14ClNO3. The molecule has 0 heterocycles. The molecule has 76 valence electrons. The Morgan fingerprint density at radius 2 is 2.00 bits per heavy atom. The lowest BCUT2D eigenvalue weighted by atomic mass is 10.1. The average Bonchev–Trinajstić information content (AvgIpc) is 2.04. The van der Waals surface area contributed by atoms with E-state index in [1.54, 1.807) is 20.8 Å². The number of rotatable bonds is 4. The molecule has 0 aliphatic heterocycles. The molecule has 0 atom stereocenters. The largest absolute Gasteiger partial charge is 0.464 e. The van der Waals surface area contributed by atoms with Crippen molar-refractivity contribution in [2.45, 2.75) is 26.3 Å². The summed E-state index contributed by atoms with van der Waals surface area (Å²) in [6, 6.07) is 0. The summed E-state index contributed by atoms with van der Waals surface area (Å²) >= 11 is 5.28. The first kappa shape index (κ1) is 12.2. The lowest BCUT2D eigenvalue weighted by Gasteiger charge is -2.23. The molecule has 13 heavy (non-hydrogen) atoms. The Labute approximate surface area is 82.6 Å². The second kappa shape index (κ2) is 5.07. The van der Waals surface area contributed by atoms with Crippen LogP contribution in [0.3, 0.4) is 0 Å². The highest BCUT2D eigenvalue weighted by Gasteiger charge is 2.30. The number of nitrogens with one attached hydrogen (secondary N) is 1. The molecule has 1 N–H and O–H groups in total. The number of carbonyl (C=O) groups excluding carboxylic acids is 2. The molecule has 0 aliphatic rings. The van der Waals surface area contributed by atoms with E-state index in [9.17, 15) is 9.59 Å². The Morgan fingerprint density at radius 1 is 1.46 bits per heavy atom. The van der Waals surface area contributed by atoms with Gasteiger partial charge in [-0.2, -0.15) is 0 Å². The van der Waals surface area contributed by atoms with Gasteiger partial charge in [0.15, 0.2) is 0 Å². The number of alkyl halides is 1. The number of hydrogen-bond donors (Lipinski definition) is 1. The van der Waals surface area contributed by atoms with E-state index in [0.29, 0.717) is 6.61 Å². The van der Waals surface area contributed by atoms with Gasteiger partial charge >= 0.3 is 5.97 Å². The topological polar surface area (TPSA) is 55.4 Å². The van der Waals surface area contributed by atoms with E-state index < -0.39 is 11.5 Å². The van der Waals surface area contributed by atoms with E-state index in [2.05, 4.69) is 5.32 Å². The molecule has 0 aliphatic carbocycles. The van der Waals surface area contributed by atoms with Crippen molar-refractivity contribution >= 4 is 23.5 Å². The van der Waals surface area contributed by atoms with Crippen LogP contribution in [0.25, 0.3) is 0 Å². The van der Waals surface area contributed by atoms with Crippen LogP contribution < -0.4 is 5.32 Å². The Bertz CT molecular complexity index is 204. The third-order valence-electron chi connectivity index (χ3n) is 1.36. The highest BCUT2D eigenvalue weighted by Crippen LogP contribution is 2.04. The van der Waals surface area contributed by atoms with Crippen molar-refractivity contribution in [1.29, 1.82) is 0 Å². The number of hydrogen-bond acceptors (Lipinski definition) is 3. The van der Waals surface area contributed by atoms with Crippen LogP contribution in [0.1, 0.15) is 20.8 Å². The summed E-state index contributed by atoms with van der Waals surface area (Å²) in [4.78, 5) is 22.1. The van der Waals surface area contributed by atoms with Gasteiger partial charge in [0.25, 0.3) is 0 Å². The highest BCUT2D eigenvalue weighted by molar-refractivity contribution is 6.27. The van der Waals surface area contributed by atoms with Crippen LogP contribution in [0.15, 0.2) is 0 Å². The van der Waals surface area contributed by atoms with Gasteiger partial charge < -0.3 is 10.1 Å². The fourth-order valence-corrected chi connectivity index (χ4v) is 0.811. The van der Waals surface area contributed by atoms with Crippen LogP contribution in [-0.4, -0.2) is 29.9 Å². The van der Waals surface area contributed by atoms with Crippen LogP contribution in [0.5, 0.6) is 0 Å². The first-order chi connectivity index (χ1) is 5.94. The molecule has 0 aromatic carbocycles. The molecule has 0 bridgehead atoms. The summed E-state index contributed by atoms with van der Waals surface area (Å²) < 4.78 is 4.76. The molecular weight excluding hydrogens is 194 g/mol. The molecule has 0 aromatic rings. The zero-order valence-corrected chi connectivity index (χ0v) is 8.77. The molecule has 0 spiro atoms. The summed E-state index contributed by atoms with van der Waals surface area (Å²) in [6.45, 7) is 5.13. The average molecular weight is 208 g/mol. The highest BCUT2D eigenvalue weighted by atomic mass is 35.5. The predicted octanol–water partition coefficient (Wildman–Crippen LogP) is 0.683. The van der Waals surface area contributed by atoms with Crippen molar-refractivity contribution in [2.24, 2.45) is 0 Å². The van der Waals surface area contributed by atoms with Crippen molar-refractivity contribution < 1.29 is 14.3 Å². The summed E-state index contributed by atoms with van der Waals surface area (Å²) in [6.07, 6.45) is 0. The van der Waals surface area contributed by atoms with Crippen molar-refractivity contribution in [2.75, 3.05) is 12.5 Å². The maximum atomic E-state index is 11.2. The third kappa shape index (κ3) is 4.12. The zero-order valence-electron chi connectivity index (χ0n) is 8.02. The first-order valence-electron chi connectivity index (χ1n) is 3.98. The second-order valence-corrected chi connectivity index (χ2v) is 3.29. The summed E-state index contributed by atoms with van der Waals surface area (Å²) in [7, 11) is 0. The van der Waals surface area contributed by atoms with Gasteiger partial charge in [0.2, 0.25) is 5.91 Å². The van der Waals surface area contributed by atoms with E-state index >= 15 is 0 Å². The number of esters is 1. The Balaban J connectivity index is 4.21. The van der Waals surface area contributed by atoms with Crippen LogP contribution in [0, 0.1) is 0 Å². The third-order valence-corrected chi connectivity index (χ3v) is 1.60. The molecule has 5 heteroatoms. The Hall–Kier alpha value is -0.770. The maximum Gasteiger partial charge on any atom is 0.331 e. The summed E-state index contributed by atoms with van der Waals surface area (Å²) in [5, 5.41) is 2.45. The zero-order chi connectivity index (χ0) is 10.5. The van der Waals surface area contributed by atoms with Crippen LogP contribution >= 0.6 is 11.6 Å². The fourth-order valence-electron chi connectivity index (χ4n) is 0.745. The maximum absolute atomic E-state index is 11.2. The molecule has 0 radical (unpaired) electrons. The minimum Gasteiger partial charge on any atom is -0.464 e. The van der Waals surface area contributed by atoms with Gasteiger partial charge in [-0.3, -0.25) is 4.79 Å². The van der Waals surface area contributed by atoms with Crippen molar-refractivity contribution in [3.63, 3.8) is 0 Å². The van der Waals surface area contributed by atoms with Gasteiger partial charge in [0.1, 0.15) is 11.4 Å². The molecule has 0 unspecified atom stereocenters. The Kier molecular flexibility index (Phi) is 4.77. The van der Waals surface area contributed by atoms with Crippen LogP contribution in [0.4, 0.5) is 0 Å². The van der Waals surface area contributed by atoms with Gasteiger partial charge in [-0.25, -0.2) is 4.79 Å². The Morgan fingerprint density at radius 3 is 2.38 bits per heavy atom. The number of halogens is 1. The number of ether oxygens (including phenoxy) is 1. The standard InChI is InChI=1S/C8H14ClNO3/c1-4-13-7(12)8(2,3)10-6(11)5-9/h4-5H2,1-3H3,(H,10,11). The molecule has 4 nitrogen and oxygen atoms in total. The number of carbonyl (C=O) groups is 2. The minimum absolute atomic E-state index is 0.164. The van der Waals surface area contributed by atoms with Gasteiger partial charge in [0, 0.05) is 0 Å². The predicted molar refractivity (Wildman–Crippen MR) is 49.6 cm³/mol. The van der Waals surface area contributed by atoms with E-state index in [0.717, 1.165) is 0 Å². The van der Waals surface area contributed by atoms with Gasteiger partial charge in [-0.1, -0.05) is 0 Å². The van der Waals surface area contributed by atoms with Gasteiger partial charge in [0.05, 0.1) is 6.61 Å². The monoisotopic (exact) mass is 207 g/mol. The molecule has 1 amide bonds. The molecule has 0 fully saturated rings. The molecule has 0 saturated heterocycles. The van der Waals surface area contributed by atoms with Crippen molar-refractivity contribution in [3.05, 3.63) is 0 Å². The SMILES string of the molecule is CCOC(=O)C(C)(C)NC(=O)CCl. The van der Waals surface area contributed by atoms with Crippen molar-refractivity contribution in [1.82, 2.24) is 5.32 Å². The molecule has 0 saturated carbocycles. The first-order valence-corrected chi connectivity index (χ1v) is 4.51. The lowest BCUT2D eigenvalue weighted by Crippen LogP contribution is -2.51. The van der Waals surface area contributed by atoms with E-state index in [1.165, 1.54) is 0 Å². The number of amides is 1. The van der Waals surface area contributed by atoms with Gasteiger partial charge in [-0.05, 0) is 20.8 Å². The quantitative estimate of drug-likeness (QED) is 0.545. The molecule has 0 aromatic heterocycles. The van der Waals surface area contributed by atoms with E-state index in [-0.39, 0.29) is 11.8 Å². The normalized spacial score (nSPS) is 10.8. The smallest absolute Gasteiger partial charge is 0.331 e. The van der Waals surface area contributed by atoms with E-state index in [4.69, 9.17) is 16.3 Å². The second-order valence-electron chi connectivity index (χ2n) is 3.03. The molecule has 0 rings (SSSR count). The summed E-state index contributed by atoms with van der Waals surface area (Å²) in [5.74, 6) is -1.02. The van der Waals surface area contributed by atoms with E-state index in [1.807, 2.05) is 0 Å². The van der Waals surface area contributed by atoms with Crippen LogP contribution in [-0.2, 0) is 14.3 Å². The summed E-state index contributed by atoms with van der Waals surface area (Å²) in [5.41, 5.74) is -1.01. The lowest BCUT2D eigenvalue weighted by molar-refractivity contribution is -0.151. The fraction of sp³-hybridized carbons (Fsp3) is 0.750. The minimum atomic E-state index is -1.01. The van der Waals surface area contributed by atoms with Crippen molar-refractivity contribution in [3.8, 4) is 0 Å².